The van der Waals surface area contributed by atoms with E-state index in [1.807, 2.05) is 0 Å². The minimum atomic E-state index is -4.55. The smallest absolute Gasteiger partial charge is 0.433 e. The van der Waals surface area contributed by atoms with Gasteiger partial charge in [0.15, 0.2) is 0 Å². The molecule has 2 rings (SSSR count). The van der Waals surface area contributed by atoms with Crippen LogP contribution in [0, 0.1) is 0 Å². The molecule has 0 bridgehead atoms. The summed E-state index contributed by atoms with van der Waals surface area (Å²) in [6.07, 6.45) is -4.55. The van der Waals surface area contributed by atoms with Crippen LogP contribution in [0.3, 0.4) is 0 Å². The molecule has 0 fully saturated rings. The fraction of sp³-hybridized carbons (Fsp3) is 0.100. The van der Waals surface area contributed by atoms with Crippen molar-refractivity contribution >= 4 is 22.5 Å². The number of phenols is 1. The summed E-state index contributed by atoms with van der Waals surface area (Å²) >= 11 is 5.70. The quantitative estimate of drug-likeness (QED) is 0.771. The summed E-state index contributed by atoms with van der Waals surface area (Å²) < 4.78 is 37.2. The molecule has 84 valence electrons. The van der Waals surface area contributed by atoms with Crippen LogP contribution >= 0.6 is 11.6 Å². The molecule has 0 unspecified atom stereocenters. The summed E-state index contributed by atoms with van der Waals surface area (Å²) in [4.78, 5) is 3.40. The second-order valence-electron chi connectivity index (χ2n) is 3.19. The van der Waals surface area contributed by atoms with Crippen molar-refractivity contribution in [2.24, 2.45) is 0 Å². The van der Waals surface area contributed by atoms with E-state index >= 15 is 0 Å². The van der Waals surface area contributed by atoms with E-state index in [0.717, 1.165) is 12.1 Å². The van der Waals surface area contributed by atoms with Crippen LogP contribution < -0.4 is 0 Å². The number of phenolic OH excluding ortho intramolecular Hbond substituents is 1. The van der Waals surface area contributed by atoms with Crippen LogP contribution in [-0.2, 0) is 6.18 Å². The predicted octanol–water partition coefficient (Wildman–Crippen LogP) is 3.61. The van der Waals surface area contributed by atoms with Crippen molar-refractivity contribution < 1.29 is 18.3 Å². The Kier molecular flexibility index (Phi) is 2.42. The number of aromatic nitrogens is 1. The zero-order valence-electron chi connectivity index (χ0n) is 7.72. The maximum absolute atomic E-state index is 12.4. The molecule has 0 aliphatic rings. The Labute approximate surface area is 93.3 Å². The van der Waals surface area contributed by atoms with Gasteiger partial charge in [-0.1, -0.05) is 11.6 Å². The summed E-state index contributed by atoms with van der Waals surface area (Å²) in [5.74, 6) is -0.157. The molecule has 0 amide bonds. The van der Waals surface area contributed by atoms with Gasteiger partial charge in [0.2, 0.25) is 0 Å². The van der Waals surface area contributed by atoms with Crippen LogP contribution in [0.5, 0.6) is 5.75 Å². The van der Waals surface area contributed by atoms with Crippen molar-refractivity contribution in [3.63, 3.8) is 0 Å². The van der Waals surface area contributed by atoms with E-state index in [1.54, 1.807) is 0 Å². The molecular weight excluding hydrogens is 243 g/mol. The minimum absolute atomic E-state index is 0.0137. The molecule has 0 aliphatic heterocycles. The molecule has 1 heterocycles. The fourth-order valence-electron chi connectivity index (χ4n) is 1.32. The summed E-state index contributed by atoms with van der Waals surface area (Å²) in [5, 5.41) is 9.47. The van der Waals surface area contributed by atoms with E-state index in [0.29, 0.717) is 5.39 Å². The topological polar surface area (TPSA) is 33.1 Å². The van der Waals surface area contributed by atoms with Gasteiger partial charge in [0.25, 0.3) is 0 Å². The zero-order valence-corrected chi connectivity index (χ0v) is 8.47. The molecule has 6 heteroatoms. The van der Waals surface area contributed by atoms with Gasteiger partial charge in [0, 0.05) is 11.5 Å². The maximum Gasteiger partial charge on any atom is 0.433 e. The first-order chi connectivity index (χ1) is 7.38. The lowest BCUT2D eigenvalue weighted by molar-refractivity contribution is -0.140. The van der Waals surface area contributed by atoms with Crippen LogP contribution in [0.25, 0.3) is 10.9 Å². The average Bonchev–Trinajstić information content (AvgIpc) is 2.15. The minimum Gasteiger partial charge on any atom is -0.508 e. The van der Waals surface area contributed by atoms with E-state index in [1.165, 1.54) is 12.1 Å². The van der Waals surface area contributed by atoms with E-state index in [9.17, 15) is 13.2 Å². The second-order valence-corrected chi connectivity index (χ2v) is 3.60. The van der Waals surface area contributed by atoms with E-state index in [4.69, 9.17) is 16.7 Å². The highest BCUT2D eigenvalue weighted by atomic mass is 35.5. The first-order valence-electron chi connectivity index (χ1n) is 4.24. The number of hydrogen-bond donors (Lipinski definition) is 1. The normalized spacial score (nSPS) is 12.0. The summed E-state index contributed by atoms with van der Waals surface area (Å²) in [7, 11) is 0. The number of nitrogens with zero attached hydrogens (tertiary/aromatic N) is 1. The molecule has 0 spiro atoms. The Hall–Kier alpha value is -1.49. The highest BCUT2D eigenvalue weighted by Gasteiger charge is 2.33. The summed E-state index contributed by atoms with van der Waals surface area (Å²) in [6.45, 7) is 0. The first-order valence-corrected chi connectivity index (χ1v) is 4.62. The largest absolute Gasteiger partial charge is 0.508 e. The zero-order chi connectivity index (χ0) is 11.9. The Morgan fingerprint density at radius 2 is 1.88 bits per heavy atom. The van der Waals surface area contributed by atoms with Gasteiger partial charge < -0.3 is 5.11 Å². The molecule has 2 nitrogen and oxygen atoms in total. The number of rotatable bonds is 0. The monoisotopic (exact) mass is 247 g/mol. The fourth-order valence-corrected chi connectivity index (χ4v) is 1.58. The highest BCUT2D eigenvalue weighted by molar-refractivity contribution is 6.35. The Morgan fingerprint density at radius 1 is 1.19 bits per heavy atom. The van der Waals surface area contributed by atoms with Crippen molar-refractivity contribution in [3.05, 3.63) is 35.0 Å². The molecule has 0 atom stereocenters. The van der Waals surface area contributed by atoms with E-state index in [-0.39, 0.29) is 16.3 Å². The second kappa shape index (κ2) is 3.52. The van der Waals surface area contributed by atoms with Crippen LogP contribution in [0.1, 0.15) is 5.69 Å². The van der Waals surface area contributed by atoms with Crippen molar-refractivity contribution in [1.82, 2.24) is 4.98 Å². The standard InChI is InChI=1S/C10H5ClF3NO/c11-7-4-9(10(12,13)14)15-8-3-5(16)1-2-6(7)8/h1-4,16H. The number of pyridine rings is 1. The highest BCUT2D eigenvalue weighted by Crippen LogP contribution is 2.33. The van der Waals surface area contributed by atoms with Crippen molar-refractivity contribution in [3.8, 4) is 5.75 Å². The lowest BCUT2D eigenvalue weighted by Crippen LogP contribution is -2.07. The number of hydrogen-bond acceptors (Lipinski definition) is 2. The molecule has 16 heavy (non-hydrogen) atoms. The molecule has 1 aromatic carbocycles. The third-order valence-corrected chi connectivity index (χ3v) is 2.35. The number of fused-ring (bicyclic) bond motifs is 1. The molecular formula is C10H5ClF3NO. The van der Waals surface area contributed by atoms with E-state index < -0.39 is 11.9 Å². The Morgan fingerprint density at radius 3 is 2.50 bits per heavy atom. The molecule has 1 N–H and O–H groups in total. The van der Waals surface area contributed by atoms with Crippen LogP contribution in [0.2, 0.25) is 5.02 Å². The Bertz CT molecular complexity index is 553. The molecule has 0 saturated heterocycles. The van der Waals surface area contributed by atoms with Gasteiger partial charge in [-0.25, -0.2) is 4.98 Å². The third kappa shape index (κ3) is 1.90. The van der Waals surface area contributed by atoms with Gasteiger partial charge in [0.05, 0.1) is 10.5 Å². The van der Waals surface area contributed by atoms with Gasteiger partial charge in [-0.3, -0.25) is 0 Å². The van der Waals surface area contributed by atoms with E-state index in [2.05, 4.69) is 4.98 Å². The van der Waals surface area contributed by atoms with Gasteiger partial charge >= 0.3 is 6.18 Å². The maximum atomic E-state index is 12.4. The van der Waals surface area contributed by atoms with Crippen LogP contribution in [-0.4, -0.2) is 10.1 Å². The summed E-state index contributed by atoms with van der Waals surface area (Å²) in [6, 6.07) is 4.65. The molecule has 1 aromatic heterocycles. The first kappa shape index (κ1) is 11.0. The SMILES string of the molecule is Oc1ccc2c(Cl)cc(C(F)(F)F)nc2c1. The Balaban J connectivity index is 2.75. The lowest BCUT2D eigenvalue weighted by atomic mass is 10.2. The number of benzene rings is 1. The average molecular weight is 248 g/mol. The van der Waals surface area contributed by atoms with Gasteiger partial charge in [-0.15, -0.1) is 0 Å². The molecule has 0 radical (unpaired) electrons. The molecule has 0 aliphatic carbocycles. The van der Waals surface area contributed by atoms with Crippen molar-refractivity contribution in [2.75, 3.05) is 0 Å². The summed E-state index contributed by atoms with van der Waals surface area (Å²) in [5.41, 5.74) is -1.06. The number of alkyl halides is 3. The van der Waals surface area contributed by atoms with Gasteiger partial charge in [-0.05, 0) is 18.2 Å². The van der Waals surface area contributed by atoms with Crippen LogP contribution in [0.15, 0.2) is 24.3 Å². The van der Waals surface area contributed by atoms with Crippen molar-refractivity contribution in [2.45, 2.75) is 6.18 Å². The molecule has 0 saturated carbocycles. The number of aromatic hydroxyl groups is 1. The van der Waals surface area contributed by atoms with Gasteiger partial charge in [-0.2, -0.15) is 13.2 Å². The van der Waals surface area contributed by atoms with Gasteiger partial charge in [0.1, 0.15) is 11.4 Å². The third-order valence-electron chi connectivity index (χ3n) is 2.03. The predicted molar refractivity (Wildman–Crippen MR) is 53.4 cm³/mol. The van der Waals surface area contributed by atoms with Crippen LogP contribution in [0.4, 0.5) is 13.2 Å². The number of halogens is 4. The lowest BCUT2D eigenvalue weighted by Gasteiger charge is -2.08. The molecule has 2 aromatic rings. The van der Waals surface area contributed by atoms with Crippen molar-refractivity contribution in [1.29, 1.82) is 0 Å².